The Morgan fingerprint density at radius 2 is 2.00 bits per heavy atom. The lowest BCUT2D eigenvalue weighted by Crippen LogP contribution is -1.88. The molecule has 0 unspecified atom stereocenters. The van der Waals surface area contributed by atoms with Crippen LogP contribution in [0, 0.1) is 6.92 Å². The molecular weight excluding hydrogens is 233 g/mol. The second kappa shape index (κ2) is 3.87. The third kappa shape index (κ3) is 1.75. The molecule has 0 radical (unpaired) electrons. The number of benzene rings is 1. The zero-order valence-electron chi connectivity index (χ0n) is 8.34. The molecule has 1 aromatic carbocycles. The lowest BCUT2D eigenvalue weighted by molar-refractivity contribution is 0.415. The van der Waals surface area contributed by atoms with Crippen molar-refractivity contribution in [3.63, 3.8) is 0 Å². The van der Waals surface area contributed by atoms with E-state index in [-0.39, 0.29) is 0 Å². The number of hydrogen-bond acceptors (Lipinski definition) is 2. The zero-order chi connectivity index (χ0) is 11.0. The van der Waals surface area contributed by atoms with Gasteiger partial charge >= 0.3 is 0 Å². The van der Waals surface area contributed by atoms with E-state index in [0.717, 1.165) is 16.5 Å². The van der Waals surface area contributed by atoms with Crippen molar-refractivity contribution >= 4 is 34.1 Å². The van der Waals surface area contributed by atoms with Crippen LogP contribution in [0.25, 0.3) is 10.9 Å². The van der Waals surface area contributed by atoms with E-state index >= 15 is 0 Å². The minimum atomic E-state index is 0.539. The number of rotatable bonds is 1. The van der Waals surface area contributed by atoms with Gasteiger partial charge in [-0.2, -0.15) is 0 Å². The maximum absolute atomic E-state index is 6.17. The molecule has 0 aliphatic carbocycles. The average molecular weight is 242 g/mol. The Hall–Kier alpha value is -0.990. The summed E-state index contributed by atoms with van der Waals surface area (Å²) in [5, 5.41) is 2.09. The van der Waals surface area contributed by atoms with Crippen LogP contribution >= 0.6 is 23.2 Å². The van der Waals surface area contributed by atoms with Gasteiger partial charge in [0.2, 0.25) is 0 Å². The number of methoxy groups -OCH3 is 1. The number of nitrogens with zero attached hydrogens (tertiary/aromatic N) is 1. The van der Waals surface area contributed by atoms with Crippen molar-refractivity contribution in [1.29, 1.82) is 0 Å². The molecular formula is C11H9Cl2NO. The zero-order valence-corrected chi connectivity index (χ0v) is 9.86. The first-order valence-corrected chi connectivity index (χ1v) is 5.17. The third-order valence-corrected chi connectivity index (χ3v) is 3.05. The van der Waals surface area contributed by atoms with Crippen LogP contribution in [-0.2, 0) is 0 Å². The summed E-state index contributed by atoms with van der Waals surface area (Å²) in [6.45, 7) is 1.91. The van der Waals surface area contributed by atoms with Gasteiger partial charge in [-0.05, 0) is 24.6 Å². The van der Waals surface area contributed by atoms with E-state index in [9.17, 15) is 0 Å². The van der Waals surface area contributed by atoms with Gasteiger partial charge in [-0.25, -0.2) is 0 Å². The molecule has 0 spiro atoms. The van der Waals surface area contributed by atoms with Crippen molar-refractivity contribution in [3.8, 4) is 5.75 Å². The summed E-state index contributed by atoms with van der Waals surface area (Å²) >= 11 is 12.2. The molecule has 0 aliphatic heterocycles. The van der Waals surface area contributed by atoms with Crippen molar-refractivity contribution in [2.75, 3.05) is 7.11 Å². The van der Waals surface area contributed by atoms with Crippen LogP contribution in [0.1, 0.15) is 5.56 Å². The first kappa shape index (κ1) is 10.5. The summed E-state index contributed by atoms with van der Waals surface area (Å²) in [4.78, 5) is 4.25. The smallest absolute Gasteiger partial charge is 0.138 e. The van der Waals surface area contributed by atoms with Crippen LogP contribution in [0.4, 0.5) is 0 Å². The van der Waals surface area contributed by atoms with Gasteiger partial charge in [0, 0.05) is 11.6 Å². The van der Waals surface area contributed by atoms with E-state index in [1.807, 2.05) is 6.92 Å². The molecule has 4 heteroatoms. The third-order valence-electron chi connectivity index (χ3n) is 2.25. The molecule has 0 N–H and O–H groups in total. The highest BCUT2D eigenvalue weighted by Crippen LogP contribution is 2.33. The van der Waals surface area contributed by atoms with Gasteiger partial charge in [0.1, 0.15) is 5.75 Å². The standard InChI is InChI=1S/C11H9Cl2NO/c1-6-5-14-9-4-8(12)10(15-2)3-7(9)11(6)13/h3-5H,1-2H3. The van der Waals surface area contributed by atoms with E-state index in [1.165, 1.54) is 0 Å². The molecule has 2 aromatic rings. The van der Waals surface area contributed by atoms with Gasteiger partial charge in [-0.15, -0.1) is 0 Å². The Labute approximate surface area is 97.8 Å². The molecule has 0 aliphatic rings. The molecule has 1 heterocycles. The van der Waals surface area contributed by atoms with E-state index in [1.54, 1.807) is 25.4 Å². The Morgan fingerprint density at radius 1 is 1.27 bits per heavy atom. The minimum Gasteiger partial charge on any atom is -0.495 e. The number of ether oxygens (including phenoxy) is 1. The molecule has 78 valence electrons. The van der Waals surface area contributed by atoms with Crippen molar-refractivity contribution in [3.05, 3.63) is 33.9 Å². The van der Waals surface area contributed by atoms with Crippen LogP contribution in [0.3, 0.4) is 0 Å². The Balaban J connectivity index is 2.82. The van der Waals surface area contributed by atoms with Crippen LogP contribution < -0.4 is 4.74 Å². The topological polar surface area (TPSA) is 22.1 Å². The number of pyridine rings is 1. The number of hydrogen-bond donors (Lipinski definition) is 0. The molecule has 2 nitrogen and oxygen atoms in total. The maximum Gasteiger partial charge on any atom is 0.138 e. The molecule has 2 rings (SSSR count). The maximum atomic E-state index is 6.17. The molecule has 0 bridgehead atoms. The summed E-state index contributed by atoms with van der Waals surface area (Å²) in [6, 6.07) is 3.56. The fourth-order valence-corrected chi connectivity index (χ4v) is 1.85. The summed E-state index contributed by atoms with van der Waals surface area (Å²) < 4.78 is 5.13. The lowest BCUT2D eigenvalue weighted by atomic mass is 10.1. The number of aryl methyl sites for hydroxylation is 1. The fraction of sp³-hybridized carbons (Fsp3) is 0.182. The van der Waals surface area contributed by atoms with Crippen LogP contribution in [0.2, 0.25) is 10.0 Å². The predicted molar refractivity (Wildman–Crippen MR) is 63.1 cm³/mol. The first-order valence-electron chi connectivity index (χ1n) is 4.42. The van der Waals surface area contributed by atoms with Crippen molar-refractivity contribution < 1.29 is 4.74 Å². The van der Waals surface area contributed by atoms with E-state index in [0.29, 0.717) is 15.8 Å². The van der Waals surface area contributed by atoms with Crippen LogP contribution in [0.5, 0.6) is 5.75 Å². The van der Waals surface area contributed by atoms with Gasteiger partial charge in [0.25, 0.3) is 0 Å². The highest BCUT2D eigenvalue weighted by molar-refractivity contribution is 6.37. The highest BCUT2D eigenvalue weighted by Gasteiger charge is 2.08. The van der Waals surface area contributed by atoms with Gasteiger partial charge in [-0.1, -0.05) is 23.2 Å². The largest absolute Gasteiger partial charge is 0.495 e. The molecule has 0 saturated heterocycles. The first-order chi connectivity index (χ1) is 7.13. The quantitative estimate of drug-likeness (QED) is 0.757. The second-order valence-corrected chi connectivity index (χ2v) is 4.04. The summed E-state index contributed by atoms with van der Waals surface area (Å²) in [6.07, 6.45) is 1.73. The van der Waals surface area contributed by atoms with Gasteiger partial charge in [0.05, 0.1) is 22.7 Å². The van der Waals surface area contributed by atoms with Crippen molar-refractivity contribution in [2.24, 2.45) is 0 Å². The van der Waals surface area contributed by atoms with Crippen molar-refractivity contribution in [1.82, 2.24) is 4.98 Å². The predicted octanol–water partition coefficient (Wildman–Crippen LogP) is 3.86. The van der Waals surface area contributed by atoms with Crippen LogP contribution in [0.15, 0.2) is 18.3 Å². The van der Waals surface area contributed by atoms with E-state index in [4.69, 9.17) is 27.9 Å². The molecule has 0 atom stereocenters. The normalized spacial score (nSPS) is 10.7. The molecule has 0 saturated carbocycles. The number of aromatic nitrogens is 1. The second-order valence-electron chi connectivity index (χ2n) is 3.26. The fourth-order valence-electron chi connectivity index (χ4n) is 1.42. The number of halogens is 2. The highest BCUT2D eigenvalue weighted by atomic mass is 35.5. The van der Waals surface area contributed by atoms with E-state index < -0.39 is 0 Å². The monoisotopic (exact) mass is 241 g/mol. The molecule has 0 amide bonds. The van der Waals surface area contributed by atoms with Crippen LogP contribution in [-0.4, -0.2) is 12.1 Å². The molecule has 1 aromatic heterocycles. The number of fused-ring (bicyclic) bond motifs is 1. The van der Waals surface area contributed by atoms with Gasteiger partial charge in [-0.3, -0.25) is 4.98 Å². The summed E-state index contributed by atoms with van der Waals surface area (Å²) in [7, 11) is 1.57. The SMILES string of the molecule is COc1cc2c(Cl)c(C)cnc2cc1Cl. The Morgan fingerprint density at radius 3 is 2.67 bits per heavy atom. The summed E-state index contributed by atoms with van der Waals surface area (Å²) in [5.74, 6) is 0.610. The van der Waals surface area contributed by atoms with Crippen molar-refractivity contribution in [2.45, 2.75) is 6.92 Å². The molecule has 0 fully saturated rings. The Bertz CT molecular complexity index is 525. The van der Waals surface area contributed by atoms with Gasteiger partial charge < -0.3 is 4.74 Å². The Kier molecular flexibility index (Phi) is 2.72. The average Bonchev–Trinajstić information content (AvgIpc) is 2.23. The summed E-state index contributed by atoms with van der Waals surface area (Å²) in [5.41, 5.74) is 1.71. The molecule has 15 heavy (non-hydrogen) atoms. The van der Waals surface area contributed by atoms with Gasteiger partial charge in [0.15, 0.2) is 0 Å². The van der Waals surface area contributed by atoms with E-state index in [2.05, 4.69) is 4.98 Å². The minimum absolute atomic E-state index is 0.539. The lowest BCUT2D eigenvalue weighted by Gasteiger charge is -2.07.